The van der Waals surface area contributed by atoms with E-state index in [1.165, 1.54) is 0 Å². The molecule has 0 bridgehead atoms. The second kappa shape index (κ2) is 9.83. The molecule has 6 nitrogen and oxygen atoms in total. The van der Waals surface area contributed by atoms with E-state index in [-0.39, 0.29) is 11.8 Å². The van der Waals surface area contributed by atoms with Gasteiger partial charge in [-0.15, -0.1) is 0 Å². The molecule has 0 saturated heterocycles. The molecule has 0 heterocycles. The van der Waals surface area contributed by atoms with E-state index >= 15 is 0 Å². The van der Waals surface area contributed by atoms with E-state index < -0.39 is 0 Å². The minimum Gasteiger partial charge on any atom is -0.497 e. The van der Waals surface area contributed by atoms with Crippen molar-refractivity contribution >= 4 is 46.3 Å². The normalized spacial score (nSPS) is 10.6. The molecule has 0 aliphatic heterocycles. The number of halogens is 1. The van der Waals surface area contributed by atoms with Crippen molar-refractivity contribution in [2.24, 2.45) is 5.10 Å². The van der Waals surface area contributed by atoms with E-state index in [2.05, 4.69) is 38.4 Å². The Morgan fingerprint density at radius 3 is 2.41 bits per heavy atom. The number of hydrazone groups is 1. The number of amides is 2. The fraction of sp³-hybridized carbons (Fsp3) is 0.0455. The molecular weight excluding hydrogens is 481 g/mol. The van der Waals surface area contributed by atoms with Crippen molar-refractivity contribution in [1.29, 1.82) is 0 Å². The first-order valence-electron chi connectivity index (χ1n) is 8.69. The molecule has 3 aromatic rings. The third kappa shape index (κ3) is 5.89. The van der Waals surface area contributed by atoms with E-state index in [1.54, 1.807) is 61.9 Å². The smallest absolute Gasteiger partial charge is 0.271 e. The van der Waals surface area contributed by atoms with Gasteiger partial charge in [0, 0.05) is 20.4 Å². The number of anilines is 1. The number of nitrogens with zero attached hydrogens (tertiary/aromatic N) is 1. The predicted octanol–water partition coefficient (Wildman–Crippen LogP) is 4.32. The van der Waals surface area contributed by atoms with Crippen LogP contribution >= 0.6 is 22.6 Å². The SMILES string of the molecule is COc1ccc(C(=O)Nc2cccc(C(=O)NN=Cc3cccc(I)c3)c2)cc1. The summed E-state index contributed by atoms with van der Waals surface area (Å²) in [5.41, 5.74) is 4.77. The van der Waals surface area contributed by atoms with E-state index in [0.717, 1.165) is 9.13 Å². The predicted molar refractivity (Wildman–Crippen MR) is 122 cm³/mol. The van der Waals surface area contributed by atoms with E-state index in [1.807, 2.05) is 24.3 Å². The average Bonchev–Trinajstić information content (AvgIpc) is 2.74. The molecule has 146 valence electrons. The summed E-state index contributed by atoms with van der Waals surface area (Å²) in [5.74, 6) is 0.0281. The molecule has 0 unspecified atom stereocenters. The number of carbonyl (C=O) groups is 2. The van der Waals surface area contributed by atoms with Crippen LogP contribution in [0.3, 0.4) is 0 Å². The summed E-state index contributed by atoms with van der Waals surface area (Å²) >= 11 is 2.21. The van der Waals surface area contributed by atoms with Gasteiger partial charge in [0.15, 0.2) is 0 Å². The molecule has 29 heavy (non-hydrogen) atoms. The summed E-state index contributed by atoms with van der Waals surface area (Å²) in [4.78, 5) is 24.7. The lowest BCUT2D eigenvalue weighted by Crippen LogP contribution is -2.18. The van der Waals surface area contributed by atoms with Crippen molar-refractivity contribution in [2.75, 3.05) is 12.4 Å². The zero-order valence-electron chi connectivity index (χ0n) is 15.6. The zero-order chi connectivity index (χ0) is 20.6. The zero-order valence-corrected chi connectivity index (χ0v) is 17.7. The Bertz CT molecular complexity index is 1050. The molecule has 0 aromatic heterocycles. The van der Waals surface area contributed by atoms with Crippen LogP contribution in [0, 0.1) is 3.57 Å². The topological polar surface area (TPSA) is 79.8 Å². The minimum atomic E-state index is -0.368. The maximum atomic E-state index is 12.4. The summed E-state index contributed by atoms with van der Waals surface area (Å²) in [5, 5.41) is 6.77. The lowest BCUT2D eigenvalue weighted by atomic mass is 10.1. The van der Waals surface area contributed by atoms with Crippen molar-refractivity contribution in [3.05, 3.63) is 93.1 Å². The monoisotopic (exact) mass is 499 g/mol. The van der Waals surface area contributed by atoms with Gasteiger partial charge in [-0.05, 0) is 82.8 Å². The lowest BCUT2D eigenvalue weighted by Gasteiger charge is -2.08. The number of hydrogen-bond acceptors (Lipinski definition) is 4. The highest BCUT2D eigenvalue weighted by Gasteiger charge is 2.09. The van der Waals surface area contributed by atoms with Crippen LogP contribution in [0.2, 0.25) is 0 Å². The number of benzene rings is 3. The van der Waals surface area contributed by atoms with E-state index in [0.29, 0.717) is 22.6 Å². The molecule has 7 heteroatoms. The van der Waals surface area contributed by atoms with E-state index in [9.17, 15) is 9.59 Å². The Kier molecular flexibility index (Phi) is 6.96. The first-order valence-corrected chi connectivity index (χ1v) is 9.77. The number of carbonyl (C=O) groups excluding carboxylic acids is 2. The molecule has 0 aliphatic rings. The number of nitrogens with one attached hydrogen (secondary N) is 2. The maximum absolute atomic E-state index is 12.4. The quantitative estimate of drug-likeness (QED) is 0.301. The molecule has 0 radical (unpaired) electrons. The van der Waals surface area contributed by atoms with Gasteiger partial charge >= 0.3 is 0 Å². The molecule has 0 saturated carbocycles. The Hall–Kier alpha value is -3.20. The van der Waals surface area contributed by atoms with Gasteiger partial charge < -0.3 is 10.1 Å². The van der Waals surface area contributed by atoms with Crippen molar-refractivity contribution in [3.8, 4) is 5.75 Å². The van der Waals surface area contributed by atoms with Gasteiger partial charge in [-0.3, -0.25) is 9.59 Å². The van der Waals surface area contributed by atoms with Gasteiger partial charge in [0.05, 0.1) is 13.3 Å². The third-order valence-electron chi connectivity index (χ3n) is 3.96. The summed E-state index contributed by atoms with van der Waals surface area (Å²) in [6.07, 6.45) is 1.58. The first-order chi connectivity index (χ1) is 14.0. The molecule has 0 fully saturated rings. The highest BCUT2D eigenvalue weighted by molar-refractivity contribution is 14.1. The van der Waals surface area contributed by atoms with Crippen LogP contribution in [0.1, 0.15) is 26.3 Å². The van der Waals surface area contributed by atoms with Crippen LogP contribution in [0.5, 0.6) is 5.75 Å². The largest absolute Gasteiger partial charge is 0.497 e. The summed E-state index contributed by atoms with van der Waals surface area (Å²) < 4.78 is 6.17. The number of methoxy groups -OCH3 is 1. The molecule has 0 aliphatic carbocycles. The highest BCUT2D eigenvalue weighted by atomic mass is 127. The summed E-state index contributed by atoms with van der Waals surface area (Å²) in [6, 6.07) is 21.2. The Labute approximate surface area is 182 Å². The van der Waals surface area contributed by atoms with Crippen molar-refractivity contribution in [2.45, 2.75) is 0 Å². The van der Waals surface area contributed by atoms with Crippen LogP contribution < -0.4 is 15.5 Å². The number of rotatable bonds is 6. The fourth-order valence-corrected chi connectivity index (χ4v) is 3.07. The summed E-state index contributed by atoms with van der Waals surface area (Å²) in [7, 11) is 1.57. The van der Waals surface area contributed by atoms with E-state index in [4.69, 9.17) is 4.74 Å². The molecule has 0 atom stereocenters. The van der Waals surface area contributed by atoms with Gasteiger partial charge in [0.1, 0.15) is 5.75 Å². The van der Waals surface area contributed by atoms with Gasteiger partial charge in [0.2, 0.25) is 0 Å². The molecule has 3 rings (SSSR count). The Balaban J connectivity index is 1.63. The average molecular weight is 499 g/mol. The minimum absolute atomic E-state index is 0.276. The van der Waals surface area contributed by atoms with Gasteiger partial charge in [-0.25, -0.2) is 5.43 Å². The van der Waals surface area contributed by atoms with Crippen molar-refractivity contribution < 1.29 is 14.3 Å². The maximum Gasteiger partial charge on any atom is 0.271 e. The second-order valence-corrected chi connectivity index (χ2v) is 7.26. The standard InChI is InChI=1S/C22H18IN3O3/c1-29-20-10-8-16(9-11-20)21(27)25-19-7-3-5-17(13-19)22(28)26-24-14-15-4-2-6-18(23)12-15/h2-14H,1H3,(H,25,27)(H,26,28). The van der Waals surface area contributed by atoms with Crippen LogP contribution in [0.25, 0.3) is 0 Å². The summed E-state index contributed by atoms with van der Waals surface area (Å²) in [6.45, 7) is 0. The molecule has 0 spiro atoms. The highest BCUT2D eigenvalue weighted by Crippen LogP contribution is 2.15. The van der Waals surface area contributed by atoms with Crippen LogP contribution in [-0.4, -0.2) is 25.1 Å². The molecule has 2 N–H and O–H groups in total. The fourth-order valence-electron chi connectivity index (χ4n) is 2.50. The second-order valence-electron chi connectivity index (χ2n) is 6.02. The van der Waals surface area contributed by atoms with Crippen molar-refractivity contribution in [1.82, 2.24) is 5.43 Å². The first kappa shape index (κ1) is 20.5. The van der Waals surface area contributed by atoms with Gasteiger partial charge in [0.25, 0.3) is 11.8 Å². The Morgan fingerprint density at radius 2 is 1.69 bits per heavy atom. The van der Waals surface area contributed by atoms with Crippen LogP contribution in [0.4, 0.5) is 5.69 Å². The molecular formula is C22H18IN3O3. The molecule has 2 amide bonds. The van der Waals surface area contributed by atoms with Crippen LogP contribution in [-0.2, 0) is 0 Å². The van der Waals surface area contributed by atoms with Crippen molar-refractivity contribution in [3.63, 3.8) is 0 Å². The van der Waals surface area contributed by atoms with Gasteiger partial charge in [-0.1, -0.05) is 18.2 Å². The third-order valence-corrected chi connectivity index (χ3v) is 4.63. The number of ether oxygens (including phenoxy) is 1. The lowest BCUT2D eigenvalue weighted by molar-refractivity contribution is 0.0953. The van der Waals surface area contributed by atoms with Crippen LogP contribution in [0.15, 0.2) is 77.9 Å². The molecule has 3 aromatic carbocycles. The Morgan fingerprint density at radius 1 is 0.931 bits per heavy atom. The number of hydrogen-bond donors (Lipinski definition) is 2. The van der Waals surface area contributed by atoms with Gasteiger partial charge in [-0.2, -0.15) is 5.10 Å².